The SMILES string of the molecule is CC(C)CCNC(=O)C(C)Oc1cc(Cl)ccc1C(=O)O. The summed E-state index contributed by atoms with van der Waals surface area (Å²) in [6.45, 7) is 6.26. The van der Waals surface area contributed by atoms with Crippen LogP contribution < -0.4 is 10.1 Å². The lowest BCUT2D eigenvalue weighted by atomic mass is 10.1. The number of carboxylic acid groups (broad SMARTS) is 1. The van der Waals surface area contributed by atoms with Crippen molar-refractivity contribution in [1.29, 1.82) is 0 Å². The average molecular weight is 314 g/mol. The van der Waals surface area contributed by atoms with Gasteiger partial charge in [-0.3, -0.25) is 4.79 Å². The molecule has 0 aromatic heterocycles. The molecule has 1 aromatic rings. The van der Waals surface area contributed by atoms with E-state index in [9.17, 15) is 9.59 Å². The van der Waals surface area contributed by atoms with Gasteiger partial charge in [0.15, 0.2) is 6.10 Å². The van der Waals surface area contributed by atoms with Gasteiger partial charge in [0.05, 0.1) is 0 Å². The van der Waals surface area contributed by atoms with Gasteiger partial charge in [-0.25, -0.2) is 4.79 Å². The van der Waals surface area contributed by atoms with Crippen molar-refractivity contribution in [3.8, 4) is 5.75 Å². The maximum Gasteiger partial charge on any atom is 0.339 e. The quantitative estimate of drug-likeness (QED) is 0.811. The first-order valence-corrected chi connectivity index (χ1v) is 7.16. The second-order valence-corrected chi connectivity index (χ2v) is 5.62. The van der Waals surface area contributed by atoms with Crippen molar-refractivity contribution < 1.29 is 19.4 Å². The Morgan fingerprint density at radius 2 is 2.00 bits per heavy atom. The van der Waals surface area contributed by atoms with Crippen molar-refractivity contribution in [3.05, 3.63) is 28.8 Å². The van der Waals surface area contributed by atoms with Crippen molar-refractivity contribution in [2.75, 3.05) is 6.54 Å². The number of rotatable bonds is 7. The molecule has 0 aliphatic rings. The van der Waals surface area contributed by atoms with E-state index in [0.717, 1.165) is 6.42 Å². The molecule has 1 rings (SSSR count). The van der Waals surface area contributed by atoms with Crippen molar-refractivity contribution >= 4 is 23.5 Å². The van der Waals surface area contributed by atoms with Crippen LogP contribution in [0.5, 0.6) is 5.75 Å². The van der Waals surface area contributed by atoms with Crippen LogP contribution in [0.25, 0.3) is 0 Å². The summed E-state index contributed by atoms with van der Waals surface area (Å²) in [6.07, 6.45) is 0.0736. The van der Waals surface area contributed by atoms with Crippen LogP contribution in [0.15, 0.2) is 18.2 Å². The third-order valence-electron chi connectivity index (χ3n) is 2.87. The lowest BCUT2D eigenvalue weighted by Gasteiger charge is -2.16. The third kappa shape index (κ3) is 5.63. The predicted octanol–water partition coefficient (Wildman–Crippen LogP) is 2.97. The molecule has 5 nitrogen and oxygen atoms in total. The van der Waals surface area contributed by atoms with E-state index in [0.29, 0.717) is 17.5 Å². The molecule has 0 heterocycles. The molecule has 0 saturated heterocycles. The lowest BCUT2D eigenvalue weighted by Crippen LogP contribution is -2.37. The van der Waals surface area contributed by atoms with Crippen LogP contribution in [0.4, 0.5) is 0 Å². The predicted molar refractivity (Wildman–Crippen MR) is 81.0 cm³/mol. The Balaban J connectivity index is 2.69. The van der Waals surface area contributed by atoms with E-state index >= 15 is 0 Å². The molecule has 21 heavy (non-hydrogen) atoms. The van der Waals surface area contributed by atoms with Crippen LogP contribution in [0.3, 0.4) is 0 Å². The first kappa shape index (κ1) is 17.3. The first-order valence-electron chi connectivity index (χ1n) is 6.78. The van der Waals surface area contributed by atoms with Crippen molar-refractivity contribution in [3.63, 3.8) is 0 Å². The molecule has 0 bridgehead atoms. The standard InChI is InChI=1S/C15H20ClNO4/c1-9(2)6-7-17-14(18)10(3)21-13-8-11(16)4-5-12(13)15(19)20/h4-5,8-10H,6-7H2,1-3H3,(H,17,18)(H,19,20). The number of amides is 1. The van der Waals surface area contributed by atoms with Gasteiger partial charge in [0.25, 0.3) is 5.91 Å². The van der Waals surface area contributed by atoms with Crippen molar-refractivity contribution in [2.45, 2.75) is 33.3 Å². The molecule has 1 unspecified atom stereocenters. The van der Waals surface area contributed by atoms with E-state index in [2.05, 4.69) is 19.2 Å². The second-order valence-electron chi connectivity index (χ2n) is 5.18. The summed E-state index contributed by atoms with van der Waals surface area (Å²) in [7, 11) is 0. The number of nitrogens with one attached hydrogen (secondary N) is 1. The molecule has 0 aliphatic carbocycles. The second kappa shape index (κ2) is 7.88. The molecule has 6 heteroatoms. The fraction of sp³-hybridized carbons (Fsp3) is 0.467. The number of carboxylic acids is 1. The Morgan fingerprint density at radius 1 is 1.33 bits per heavy atom. The van der Waals surface area contributed by atoms with Crippen LogP contribution in [0.1, 0.15) is 37.6 Å². The van der Waals surface area contributed by atoms with Gasteiger partial charge in [0.2, 0.25) is 0 Å². The van der Waals surface area contributed by atoms with Gasteiger partial charge in [0.1, 0.15) is 11.3 Å². The molecule has 0 spiro atoms. The Bertz CT molecular complexity index is 516. The summed E-state index contributed by atoms with van der Waals surface area (Å²) in [5, 5.41) is 12.2. The number of carbonyl (C=O) groups is 2. The van der Waals surface area contributed by atoms with Crippen LogP contribution in [0.2, 0.25) is 5.02 Å². The van der Waals surface area contributed by atoms with E-state index < -0.39 is 12.1 Å². The summed E-state index contributed by atoms with van der Waals surface area (Å²) in [5.41, 5.74) is -0.0266. The van der Waals surface area contributed by atoms with Gasteiger partial charge in [-0.15, -0.1) is 0 Å². The molecule has 2 N–H and O–H groups in total. The Morgan fingerprint density at radius 3 is 2.57 bits per heavy atom. The lowest BCUT2D eigenvalue weighted by molar-refractivity contribution is -0.127. The highest BCUT2D eigenvalue weighted by atomic mass is 35.5. The maximum atomic E-state index is 11.9. The minimum Gasteiger partial charge on any atom is -0.480 e. The fourth-order valence-electron chi connectivity index (χ4n) is 1.64. The highest BCUT2D eigenvalue weighted by molar-refractivity contribution is 6.30. The number of hydrogen-bond donors (Lipinski definition) is 2. The van der Waals surface area contributed by atoms with Crippen LogP contribution >= 0.6 is 11.6 Å². The van der Waals surface area contributed by atoms with Gasteiger partial charge in [-0.1, -0.05) is 25.4 Å². The van der Waals surface area contributed by atoms with Crippen LogP contribution in [-0.2, 0) is 4.79 Å². The minimum absolute atomic E-state index is 0.0266. The summed E-state index contributed by atoms with van der Waals surface area (Å²) in [4.78, 5) is 23.0. The van der Waals surface area contributed by atoms with Gasteiger partial charge < -0.3 is 15.2 Å². The summed E-state index contributed by atoms with van der Waals surface area (Å²) in [5.74, 6) is -0.837. The highest BCUT2D eigenvalue weighted by Gasteiger charge is 2.19. The summed E-state index contributed by atoms with van der Waals surface area (Å²) >= 11 is 5.83. The largest absolute Gasteiger partial charge is 0.480 e. The number of benzene rings is 1. The molecule has 1 aromatic carbocycles. The van der Waals surface area contributed by atoms with Gasteiger partial charge >= 0.3 is 5.97 Å². The van der Waals surface area contributed by atoms with Crippen molar-refractivity contribution in [2.24, 2.45) is 5.92 Å². The molecule has 116 valence electrons. The molecule has 1 atom stereocenters. The average Bonchev–Trinajstić information content (AvgIpc) is 2.37. The Hall–Kier alpha value is -1.75. The zero-order chi connectivity index (χ0) is 16.0. The molecule has 0 radical (unpaired) electrons. The Kier molecular flexibility index (Phi) is 6.49. The van der Waals surface area contributed by atoms with Crippen LogP contribution in [-0.4, -0.2) is 29.6 Å². The maximum absolute atomic E-state index is 11.9. The Labute approximate surface area is 129 Å². The zero-order valence-corrected chi connectivity index (χ0v) is 13.1. The summed E-state index contributed by atoms with van der Waals surface area (Å²) in [6, 6.07) is 4.21. The van der Waals surface area contributed by atoms with E-state index in [1.54, 1.807) is 6.92 Å². The number of halogens is 1. The fourth-order valence-corrected chi connectivity index (χ4v) is 1.80. The van der Waals surface area contributed by atoms with E-state index in [4.69, 9.17) is 21.4 Å². The first-order chi connectivity index (χ1) is 9.81. The van der Waals surface area contributed by atoms with Gasteiger partial charge in [-0.05, 0) is 37.5 Å². The molecular formula is C15H20ClNO4. The molecule has 0 fully saturated rings. The minimum atomic E-state index is -1.13. The number of hydrogen-bond acceptors (Lipinski definition) is 3. The monoisotopic (exact) mass is 313 g/mol. The normalized spacial score (nSPS) is 12.0. The third-order valence-corrected chi connectivity index (χ3v) is 3.10. The number of carbonyl (C=O) groups excluding carboxylic acids is 1. The van der Waals surface area contributed by atoms with E-state index in [-0.39, 0.29) is 17.2 Å². The molecular weight excluding hydrogens is 294 g/mol. The number of aromatic carboxylic acids is 1. The highest BCUT2D eigenvalue weighted by Crippen LogP contribution is 2.24. The smallest absolute Gasteiger partial charge is 0.339 e. The molecule has 0 saturated carbocycles. The topological polar surface area (TPSA) is 75.6 Å². The molecule has 0 aliphatic heterocycles. The molecule has 1 amide bonds. The number of ether oxygens (including phenoxy) is 1. The van der Waals surface area contributed by atoms with Crippen LogP contribution in [0, 0.1) is 5.92 Å². The van der Waals surface area contributed by atoms with E-state index in [1.165, 1.54) is 18.2 Å². The van der Waals surface area contributed by atoms with Gasteiger partial charge in [-0.2, -0.15) is 0 Å². The zero-order valence-electron chi connectivity index (χ0n) is 12.4. The van der Waals surface area contributed by atoms with Crippen molar-refractivity contribution in [1.82, 2.24) is 5.32 Å². The summed E-state index contributed by atoms with van der Waals surface area (Å²) < 4.78 is 5.43. The van der Waals surface area contributed by atoms with Gasteiger partial charge in [0, 0.05) is 11.6 Å². The van der Waals surface area contributed by atoms with E-state index in [1.807, 2.05) is 0 Å².